The molecule has 2 amide bonds. The van der Waals surface area contributed by atoms with E-state index in [1.54, 1.807) is 45.6 Å². The predicted octanol–water partition coefficient (Wildman–Crippen LogP) is 3.39. The van der Waals surface area contributed by atoms with Crippen LogP contribution >= 0.6 is 0 Å². The Balaban J connectivity index is 1.44. The number of benzene rings is 2. The van der Waals surface area contributed by atoms with Gasteiger partial charge in [0.2, 0.25) is 5.91 Å². The summed E-state index contributed by atoms with van der Waals surface area (Å²) in [5.74, 6) is 2.10. The third-order valence-corrected chi connectivity index (χ3v) is 5.66. The normalized spacial score (nSPS) is 14.3. The molecule has 7 nitrogen and oxygen atoms in total. The van der Waals surface area contributed by atoms with E-state index in [1.807, 2.05) is 35.2 Å². The van der Waals surface area contributed by atoms with Gasteiger partial charge < -0.3 is 24.4 Å². The van der Waals surface area contributed by atoms with Gasteiger partial charge in [-0.15, -0.1) is 0 Å². The summed E-state index contributed by atoms with van der Waals surface area (Å²) in [5.41, 5.74) is 1.48. The van der Waals surface area contributed by atoms with Gasteiger partial charge in [-0.05, 0) is 60.7 Å². The second-order valence-corrected chi connectivity index (χ2v) is 7.65. The van der Waals surface area contributed by atoms with Crippen molar-refractivity contribution in [3.8, 4) is 17.2 Å². The minimum absolute atomic E-state index is 0.00799. The number of likely N-dealkylation sites (tertiary alicyclic amines) is 1. The van der Waals surface area contributed by atoms with Gasteiger partial charge in [-0.25, -0.2) is 0 Å². The quantitative estimate of drug-likeness (QED) is 0.640. The molecule has 1 fully saturated rings. The molecule has 7 heteroatoms. The number of amides is 2. The number of carbonyl (C=O) groups excluding carboxylic acids is 2. The molecule has 0 saturated carbocycles. The largest absolute Gasteiger partial charge is 0.497 e. The van der Waals surface area contributed by atoms with Gasteiger partial charge in [0, 0.05) is 31.3 Å². The maximum absolute atomic E-state index is 12.5. The Kier molecular flexibility index (Phi) is 8.14. The van der Waals surface area contributed by atoms with Crippen molar-refractivity contribution >= 4 is 17.9 Å². The highest BCUT2D eigenvalue weighted by atomic mass is 16.5. The first-order valence-corrected chi connectivity index (χ1v) is 10.6. The van der Waals surface area contributed by atoms with Gasteiger partial charge in [0.25, 0.3) is 5.91 Å². The first-order valence-electron chi connectivity index (χ1n) is 10.6. The highest BCUT2D eigenvalue weighted by molar-refractivity contribution is 5.95. The lowest BCUT2D eigenvalue weighted by molar-refractivity contribution is -0.127. The molecule has 0 atom stereocenters. The van der Waals surface area contributed by atoms with Gasteiger partial charge in [0.1, 0.15) is 5.75 Å². The third kappa shape index (κ3) is 6.03. The van der Waals surface area contributed by atoms with Crippen molar-refractivity contribution in [1.82, 2.24) is 10.2 Å². The SMILES string of the molecule is COc1ccc(/C=C/C(=O)N2CCC(CNC(=O)c3ccc(OC)c(OC)c3)CC2)cc1. The van der Waals surface area contributed by atoms with Crippen LogP contribution in [0, 0.1) is 5.92 Å². The highest BCUT2D eigenvalue weighted by Gasteiger charge is 2.22. The van der Waals surface area contributed by atoms with Crippen LogP contribution in [-0.2, 0) is 4.79 Å². The standard InChI is InChI=1S/C25H30N2O5/c1-30-21-8-4-18(5-9-21)6-11-24(28)27-14-12-19(13-15-27)17-26-25(29)20-7-10-22(31-2)23(16-20)32-3/h4-11,16,19H,12-15,17H2,1-3H3,(H,26,29)/b11-6+. The van der Waals surface area contributed by atoms with E-state index in [-0.39, 0.29) is 11.8 Å². The van der Waals surface area contributed by atoms with Crippen LogP contribution in [0.5, 0.6) is 17.2 Å². The molecule has 170 valence electrons. The van der Waals surface area contributed by atoms with Crippen LogP contribution in [0.25, 0.3) is 6.08 Å². The molecular formula is C25H30N2O5. The highest BCUT2D eigenvalue weighted by Crippen LogP contribution is 2.27. The molecule has 2 aromatic carbocycles. The number of ether oxygens (including phenoxy) is 3. The van der Waals surface area contributed by atoms with Crippen molar-refractivity contribution in [2.45, 2.75) is 12.8 Å². The number of carbonyl (C=O) groups is 2. The first kappa shape index (κ1) is 23.2. The Morgan fingerprint density at radius 1 is 0.969 bits per heavy atom. The van der Waals surface area contributed by atoms with Gasteiger partial charge in [-0.2, -0.15) is 0 Å². The number of rotatable bonds is 8. The van der Waals surface area contributed by atoms with Crippen LogP contribution in [-0.4, -0.2) is 57.7 Å². The van der Waals surface area contributed by atoms with Crippen molar-refractivity contribution in [1.29, 1.82) is 0 Å². The topological polar surface area (TPSA) is 77.1 Å². The fraction of sp³-hybridized carbons (Fsp3) is 0.360. The summed E-state index contributed by atoms with van der Waals surface area (Å²) in [7, 11) is 4.73. The summed E-state index contributed by atoms with van der Waals surface area (Å²) in [5, 5.41) is 2.99. The van der Waals surface area contributed by atoms with Crippen molar-refractivity contribution in [2.24, 2.45) is 5.92 Å². The molecule has 3 rings (SSSR count). The van der Waals surface area contributed by atoms with Gasteiger partial charge in [-0.1, -0.05) is 12.1 Å². The number of hydrogen-bond donors (Lipinski definition) is 1. The Hall–Kier alpha value is -3.48. The van der Waals surface area contributed by atoms with Crippen LogP contribution in [0.1, 0.15) is 28.8 Å². The molecule has 0 radical (unpaired) electrons. The second kappa shape index (κ2) is 11.2. The summed E-state index contributed by atoms with van der Waals surface area (Å²) >= 11 is 0. The van der Waals surface area contributed by atoms with Gasteiger partial charge in [0.15, 0.2) is 11.5 Å². The summed E-state index contributed by atoms with van der Waals surface area (Å²) < 4.78 is 15.6. The second-order valence-electron chi connectivity index (χ2n) is 7.65. The first-order chi connectivity index (χ1) is 15.5. The van der Waals surface area contributed by atoms with E-state index in [2.05, 4.69) is 5.32 Å². The van der Waals surface area contributed by atoms with Crippen LogP contribution < -0.4 is 19.5 Å². The molecular weight excluding hydrogens is 408 g/mol. The van der Waals surface area contributed by atoms with Crippen LogP contribution in [0.4, 0.5) is 0 Å². The van der Waals surface area contributed by atoms with Crippen molar-refractivity contribution < 1.29 is 23.8 Å². The monoisotopic (exact) mass is 438 g/mol. The zero-order valence-corrected chi connectivity index (χ0v) is 18.8. The van der Waals surface area contributed by atoms with Gasteiger partial charge in [-0.3, -0.25) is 9.59 Å². The average Bonchev–Trinajstić information content (AvgIpc) is 2.85. The Morgan fingerprint density at radius 3 is 2.28 bits per heavy atom. The molecule has 1 aliphatic heterocycles. The van der Waals surface area contributed by atoms with E-state index >= 15 is 0 Å². The van der Waals surface area contributed by atoms with E-state index < -0.39 is 0 Å². The molecule has 0 unspecified atom stereocenters. The fourth-order valence-corrected chi connectivity index (χ4v) is 3.66. The van der Waals surface area contributed by atoms with Gasteiger partial charge >= 0.3 is 0 Å². The minimum Gasteiger partial charge on any atom is -0.497 e. The smallest absolute Gasteiger partial charge is 0.251 e. The molecule has 2 aromatic rings. The number of nitrogens with one attached hydrogen (secondary N) is 1. The molecule has 0 aromatic heterocycles. The zero-order chi connectivity index (χ0) is 22.9. The van der Waals surface area contributed by atoms with Gasteiger partial charge in [0.05, 0.1) is 21.3 Å². The number of hydrogen-bond acceptors (Lipinski definition) is 5. The maximum Gasteiger partial charge on any atom is 0.251 e. The molecule has 0 spiro atoms. The van der Waals surface area contributed by atoms with Crippen molar-refractivity contribution in [3.05, 3.63) is 59.7 Å². The summed E-state index contributed by atoms with van der Waals surface area (Å²) in [6.07, 6.45) is 5.14. The predicted molar refractivity (Wildman–Crippen MR) is 123 cm³/mol. The van der Waals surface area contributed by atoms with Crippen LogP contribution in [0.3, 0.4) is 0 Å². The van der Waals surface area contributed by atoms with E-state index in [0.717, 1.165) is 24.2 Å². The molecule has 1 saturated heterocycles. The number of piperidine rings is 1. The lowest BCUT2D eigenvalue weighted by atomic mass is 9.96. The lowest BCUT2D eigenvalue weighted by Crippen LogP contribution is -2.41. The molecule has 1 aliphatic rings. The molecule has 32 heavy (non-hydrogen) atoms. The molecule has 1 N–H and O–H groups in total. The van der Waals surface area contributed by atoms with Crippen molar-refractivity contribution in [3.63, 3.8) is 0 Å². The van der Waals surface area contributed by atoms with E-state index in [4.69, 9.17) is 14.2 Å². The number of methoxy groups -OCH3 is 3. The third-order valence-electron chi connectivity index (χ3n) is 5.66. The average molecular weight is 439 g/mol. The van der Waals surface area contributed by atoms with E-state index in [9.17, 15) is 9.59 Å². The molecule has 0 aliphatic carbocycles. The molecule has 1 heterocycles. The lowest BCUT2D eigenvalue weighted by Gasteiger charge is -2.31. The maximum atomic E-state index is 12.5. The van der Waals surface area contributed by atoms with Crippen LogP contribution in [0.15, 0.2) is 48.5 Å². The zero-order valence-electron chi connectivity index (χ0n) is 18.8. The van der Waals surface area contributed by atoms with E-state index in [1.165, 1.54) is 0 Å². The summed E-state index contributed by atoms with van der Waals surface area (Å²) in [6.45, 7) is 1.95. The van der Waals surface area contributed by atoms with Crippen LogP contribution in [0.2, 0.25) is 0 Å². The minimum atomic E-state index is -0.146. The number of nitrogens with zero attached hydrogens (tertiary/aromatic N) is 1. The Bertz CT molecular complexity index is 947. The van der Waals surface area contributed by atoms with Crippen molar-refractivity contribution in [2.75, 3.05) is 41.0 Å². The summed E-state index contributed by atoms with van der Waals surface area (Å²) in [6, 6.07) is 12.7. The Labute approximate surface area is 189 Å². The fourth-order valence-electron chi connectivity index (χ4n) is 3.66. The van der Waals surface area contributed by atoms with E-state index in [0.29, 0.717) is 42.6 Å². The summed E-state index contributed by atoms with van der Waals surface area (Å²) in [4.78, 5) is 26.8. The molecule has 0 bridgehead atoms. The Morgan fingerprint density at radius 2 is 1.66 bits per heavy atom.